The van der Waals surface area contributed by atoms with E-state index in [9.17, 15) is 4.79 Å². The van der Waals surface area contributed by atoms with Crippen LogP contribution < -0.4 is 5.32 Å². The molecule has 2 aliphatic carbocycles. The number of nitrogens with one attached hydrogen (secondary N) is 1. The molecule has 0 saturated heterocycles. The Labute approximate surface area is 135 Å². The van der Waals surface area contributed by atoms with Crippen LogP contribution in [0.4, 0.5) is 0 Å². The van der Waals surface area contributed by atoms with Crippen LogP contribution in [0, 0.1) is 11.8 Å². The minimum Gasteiger partial charge on any atom is -0.348 e. The van der Waals surface area contributed by atoms with Gasteiger partial charge in [0.05, 0.1) is 0 Å². The van der Waals surface area contributed by atoms with Crippen LogP contribution in [0.1, 0.15) is 43.1 Å². The average Bonchev–Trinajstić information content (AvgIpc) is 3.19. The fourth-order valence-corrected chi connectivity index (χ4v) is 5.15. The minimum absolute atomic E-state index is 0.0854. The van der Waals surface area contributed by atoms with Crippen molar-refractivity contribution in [3.63, 3.8) is 0 Å². The summed E-state index contributed by atoms with van der Waals surface area (Å²) in [5, 5.41) is 6.54. The highest BCUT2D eigenvalue weighted by atomic mass is 32.1. The van der Waals surface area contributed by atoms with E-state index >= 15 is 0 Å². The van der Waals surface area contributed by atoms with Gasteiger partial charge in [-0.25, -0.2) is 0 Å². The van der Waals surface area contributed by atoms with Gasteiger partial charge in [0.1, 0.15) is 10.5 Å². The summed E-state index contributed by atoms with van der Waals surface area (Å²) in [4.78, 5) is 14.0. The Morgan fingerprint density at radius 1 is 1.45 bits per heavy atom. The summed E-state index contributed by atoms with van der Waals surface area (Å²) in [6.45, 7) is 6.73. The molecule has 2 aromatic heterocycles. The number of thiophene rings is 1. The van der Waals surface area contributed by atoms with Gasteiger partial charge in [0, 0.05) is 18.0 Å². The molecule has 0 spiro atoms. The summed E-state index contributed by atoms with van der Waals surface area (Å²) >= 11 is 1.69. The number of carbonyl (C=O) groups excluding carboxylic acids is 1. The maximum absolute atomic E-state index is 12.8. The van der Waals surface area contributed by atoms with Crippen molar-refractivity contribution in [3.8, 4) is 0 Å². The number of hydrogen-bond donors (Lipinski definition) is 1. The van der Waals surface area contributed by atoms with Gasteiger partial charge >= 0.3 is 0 Å². The third kappa shape index (κ3) is 2.30. The van der Waals surface area contributed by atoms with E-state index in [4.69, 9.17) is 0 Å². The van der Waals surface area contributed by atoms with Crippen LogP contribution in [0.2, 0.25) is 0 Å². The van der Waals surface area contributed by atoms with E-state index in [-0.39, 0.29) is 5.91 Å². The van der Waals surface area contributed by atoms with Crippen LogP contribution >= 0.6 is 11.3 Å². The predicted molar refractivity (Wildman–Crippen MR) is 91.3 cm³/mol. The molecule has 22 heavy (non-hydrogen) atoms. The number of nitrogens with zero attached hydrogens (tertiary/aromatic N) is 1. The van der Waals surface area contributed by atoms with Crippen LogP contribution in [0.25, 0.3) is 10.2 Å². The van der Waals surface area contributed by atoms with Gasteiger partial charge in [0.25, 0.3) is 5.91 Å². The molecule has 2 bridgehead atoms. The zero-order valence-electron chi connectivity index (χ0n) is 13.0. The minimum atomic E-state index is 0.0854. The first-order valence-corrected chi connectivity index (χ1v) is 9.02. The molecule has 2 saturated carbocycles. The van der Waals surface area contributed by atoms with Gasteiger partial charge in [-0.2, -0.15) is 0 Å². The summed E-state index contributed by atoms with van der Waals surface area (Å²) in [5.41, 5.74) is 1.85. The van der Waals surface area contributed by atoms with Crippen LogP contribution in [-0.2, 0) is 6.54 Å². The lowest BCUT2D eigenvalue weighted by Crippen LogP contribution is -2.39. The highest BCUT2D eigenvalue weighted by Gasteiger charge is 2.40. The molecule has 116 valence electrons. The normalized spacial score (nSPS) is 26.7. The smallest absolute Gasteiger partial charge is 0.268 e. The maximum Gasteiger partial charge on any atom is 0.268 e. The van der Waals surface area contributed by atoms with Gasteiger partial charge < -0.3 is 9.88 Å². The summed E-state index contributed by atoms with van der Waals surface area (Å²) in [5.74, 6) is 1.64. The highest BCUT2D eigenvalue weighted by Crippen LogP contribution is 2.44. The van der Waals surface area contributed by atoms with Crippen molar-refractivity contribution >= 4 is 27.5 Å². The second-order valence-corrected chi connectivity index (χ2v) is 7.90. The van der Waals surface area contributed by atoms with Crippen LogP contribution in [0.15, 0.2) is 29.7 Å². The lowest BCUT2D eigenvalue weighted by molar-refractivity contribution is 0.0914. The van der Waals surface area contributed by atoms with Crippen molar-refractivity contribution in [1.29, 1.82) is 0 Å². The monoisotopic (exact) mass is 314 g/mol. The fraction of sp³-hybridized carbons (Fsp3) is 0.500. The molecule has 0 radical (unpaired) electrons. The molecule has 2 aliphatic rings. The van der Waals surface area contributed by atoms with E-state index in [1.54, 1.807) is 11.3 Å². The molecule has 2 fully saturated rings. The Hall–Kier alpha value is -1.55. The Morgan fingerprint density at radius 3 is 3.00 bits per heavy atom. The molecular weight excluding hydrogens is 292 g/mol. The first-order chi connectivity index (χ1) is 10.6. The summed E-state index contributed by atoms with van der Waals surface area (Å²) in [6, 6.07) is 4.50. The van der Waals surface area contributed by atoms with Crippen molar-refractivity contribution in [3.05, 3.63) is 35.4 Å². The molecular formula is C18H22N2OS. The standard InChI is InChI=1S/C18H22N2OS/c1-11(2)10-20-16(9-14-5-6-22-18(14)20)17(21)19-15-8-12-3-4-13(15)7-12/h5-6,9,12-13,15H,1,3-4,7-8,10H2,2H3,(H,19,21). The molecule has 4 rings (SSSR count). The molecule has 2 heterocycles. The lowest BCUT2D eigenvalue weighted by Gasteiger charge is -2.23. The molecule has 4 heteroatoms. The summed E-state index contributed by atoms with van der Waals surface area (Å²) < 4.78 is 2.12. The third-order valence-corrected chi connectivity index (χ3v) is 6.17. The molecule has 2 aromatic rings. The van der Waals surface area contributed by atoms with E-state index in [1.807, 2.05) is 13.0 Å². The molecule has 1 amide bonds. The number of rotatable bonds is 4. The molecule has 0 aromatic carbocycles. The van der Waals surface area contributed by atoms with E-state index in [0.29, 0.717) is 18.5 Å². The Balaban J connectivity index is 1.60. The predicted octanol–water partition coefficient (Wildman–Crippen LogP) is 4.20. The summed E-state index contributed by atoms with van der Waals surface area (Å²) in [7, 11) is 0. The van der Waals surface area contributed by atoms with Crippen LogP contribution in [0.5, 0.6) is 0 Å². The zero-order valence-corrected chi connectivity index (χ0v) is 13.8. The molecule has 1 N–H and O–H groups in total. The first kappa shape index (κ1) is 14.1. The zero-order chi connectivity index (χ0) is 15.3. The molecule has 3 nitrogen and oxygen atoms in total. The van der Waals surface area contributed by atoms with E-state index in [1.165, 1.54) is 30.5 Å². The summed E-state index contributed by atoms with van der Waals surface area (Å²) in [6.07, 6.45) is 5.13. The quantitative estimate of drug-likeness (QED) is 0.843. The van der Waals surface area contributed by atoms with Crippen molar-refractivity contribution in [2.45, 2.75) is 45.2 Å². The molecule has 3 atom stereocenters. The SMILES string of the molecule is C=C(C)Cn1c(C(=O)NC2CC3CCC2C3)cc2ccsc21. The molecule has 3 unspecified atom stereocenters. The topological polar surface area (TPSA) is 34.0 Å². The van der Waals surface area contributed by atoms with Gasteiger partial charge in [0.2, 0.25) is 0 Å². The van der Waals surface area contributed by atoms with Crippen molar-refractivity contribution in [2.24, 2.45) is 11.8 Å². The third-order valence-electron chi connectivity index (χ3n) is 5.22. The Bertz CT molecular complexity index is 741. The number of carbonyl (C=O) groups is 1. The second-order valence-electron chi connectivity index (χ2n) is 7.01. The van der Waals surface area contributed by atoms with Gasteiger partial charge in [-0.1, -0.05) is 18.6 Å². The Morgan fingerprint density at radius 2 is 2.32 bits per heavy atom. The van der Waals surface area contributed by atoms with Gasteiger partial charge in [-0.3, -0.25) is 4.79 Å². The van der Waals surface area contributed by atoms with Gasteiger partial charge in [-0.05, 0) is 55.5 Å². The molecule has 0 aliphatic heterocycles. The van der Waals surface area contributed by atoms with Gasteiger partial charge in [-0.15, -0.1) is 11.3 Å². The van der Waals surface area contributed by atoms with Crippen molar-refractivity contribution in [1.82, 2.24) is 9.88 Å². The van der Waals surface area contributed by atoms with Crippen LogP contribution in [-0.4, -0.2) is 16.5 Å². The number of fused-ring (bicyclic) bond motifs is 3. The number of hydrogen-bond acceptors (Lipinski definition) is 2. The van der Waals surface area contributed by atoms with Crippen molar-refractivity contribution in [2.75, 3.05) is 0 Å². The number of allylic oxidation sites excluding steroid dienone is 1. The maximum atomic E-state index is 12.8. The van der Waals surface area contributed by atoms with Crippen molar-refractivity contribution < 1.29 is 4.79 Å². The second kappa shape index (κ2) is 5.27. The largest absolute Gasteiger partial charge is 0.348 e. The van der Waals surface area contributed by atoms with Crippen LogP contribution in [0.3, 0.4) is 0 Å². The van der Waals surface area contributed by atoms with Gasteiger partial charge in [0.15, 0.2) is 0 Å². The highest BCUT2D eigenvalue weighted by molar-refractivity contribution is 7.16. The van der Waals surface area contributed by atoms with E-state index in [0.717, 1.165) is 22.6 Å². The average molecular weight is 314 g/mol. The number of aromatic nitrogens is 1. The first-order valence-electron chi connectivity index (χ1n) is 8.14. The number of amides is 1. The van der Waals surface area contributed by atoms with E-state index < -0.39 is 0 Å². The van der Waals surface area contributed by atoms with E-state index in [2.05, 4.69) is 27.9 Å². The lowest BCUT2D eigenvalue weighted by atomic mass is 9.95. The Kier molecular flexibility index (Phi) is 3.37. The fourth-order valence-electron chi connectivity index (χ4n) is 4.25.